The van der Waals surface area contributed by atoms with E-state index in [1.165, 1.54) is 0 Å². The van der Waals surface area contributed by atoms with Gasteiger partial charge in [-0.3, -0.25) is 4.79 Å². The lowest BCUT2D eigenvalue weighted by atomic mass is 10.2. The van der Waals surface area contributed by atoms with Gasteiger partial charge in [0.25, 0.3) is 5.91 Å². The molecule has 0 aromatic heterocycles. The van der Waals surface area contributed by atoms with E-state index in [9.17, 15) is 4.79 Å². The number of benzene rings is 2. The van der Waals surface area contributed by atoms with Crippen LogP contribution in [0.5, 0.6) is 5.75 Å². The normalized spacial score (nSPS) is 9.95. The Balaban J connectivity index is 2.16. The molecule has 4 heteroatoms. The summed E-state index contributed by atoms with van der Waals surface area (Å²) in [4.78, 5) is 12.1. The Kier molecular flexibility index (Phi) is 4.03. The van der Waals surface area contributed by atoms with Crippen molar-refractivity contribution in [1.29, 1.82) is 0 Å². The second-order valence-electron chi connectivity index (χ2n) is 4.01. The van der Waals surface area contributed by atoms with Crippen LogP contribution < -0.4 is 15.8 Å². The molecule has 1 amide bonds. The first-order valence-corrected chi connectivity index (χ1v) is 6.09. The zero-order chi connectivity index (χ0) is 13.7. The number of carbonyl (C=O) groups is 1. The number of hydrogen-bond acceptors (Lipinski definition) is 3. The van der Waals surface area contributed by atoms with Crippen LogP contribution in [-0.2, 0) is 0 Å². The van der Waals surface area contributed by atoms with Crippen LogP contribution in [0.4, 0.5) is 11.4 Å². The van der Waals surface area contributed by atoms with Crippen LogP contribution in [0.15, 0.2) is 48.5 Å². The first kappa shape index (κ1) is 13.0. The Hall–Kier alpha value is -2.49. The average Bonchev–Trinajstić information content (AvgIpc) is 2.42. The Morgan fingerprint density at radius 2 is 1.84 bits per heavy atom. The molecule has 0 aliphatic heterocycles. The molecule has 2 aromatic rings. The van der Waals surface area contributed by atoms with Crippen LogP contribution in [0.1, 0.15) is 17.3 Å². The van der Waals surface area contributed by atoms with Crippen LogP contribution in [-0.4, -0.2) is 12.5 Å². The number of nitrogens with two attached hydrogens (primary N) is 1. The maximum atomic E-state index is 12.1. The Morgan fingerprint density at radius 1 is 1.16 bits per heavy atom. The summed E-state index contributed by atoms with van der Waals surface area (Å²) in [7, 11) is 0. The number of carbonyl (C=O) groups excluding carboxylic acids is 1. The lowest BCUT2D eigenvalue weighted by Gasteiger charge is -2.11. The highest BCUT2D eigenvalue weighted by Gasteiger charge is 2.09. The fraction of sp³-hybridized carbons (Fsp3) is 0.133. The SMILES string of the molecule is CCOc1ccccc1NC(=O)c1ccc(N)cc1. The van der Waals surface area contributed by atoms with Gasteiger partial charge in [0.15, 0.2) is 0 Å². The monoisotopic (exact) mass is 256 g/mol. The smallest absolute Gasteiger partial charge is 0.255 e. The third kappa shape index (κ3) is 3.25. The second-order valence-corrected chi connectivity index (χ2v) is 4.01. The first-order valence-electron chi connectivity index (χ1n) is 6.09. The van der Waals surface area contributed by atoms with E-state index in [0.29, 0.717) is 29.3 Å². The minimum absolute atomic E-state index is 0.188. The molecule has 3 N–H and O–H groups in total. The van der Waals surface area contributed by atoms with Gasteiger partial charge in [-0.1, -0.05) is 12.1 Å². The Bertz CT molecular complexity index is 565. The van der Waals surface area contributed by atoms with E-state index >= 15 is 0 Å². The number of nitrogen functional groups attached to an aromatic ring is 1. The molecule has 0 aliphatic rings. The molecule has 0 bridgehead atoms. The molecule has 0 saturated carbocycles. The van der Waals surface area contributed by atoms with E-state index in [0.717, 1.165) is 0 Å². The van der Waals surface area contributed by atoms with Gasteiger partial charge in [0.1, 0.15) is 5.75 Å². The third-order valence-corrected chi connectivity index (χ3v) is 2.61. The quantitative estimate of drug-likeness (QED) is 0.827. The number of ether oxygens (including phenoxy) is 1. The number of amides is 1. The molecule has 0 fully saturated rings. The molecule has 0 spiro atoms. The summed E-state index contributed by atoms with van der Waals surface area (Å²) in [6, 6.07) is 14.1. The molecule has 2 rings (SSSR count). The minimum atomic E-state index is -0.188. The standard InChI is InChI=1S/C15H16N2O2/c1-2-19-14-6-4-3-5-13(14)17-15(18)11-7-9-12(16)10-8-11/h3-10H,2,16H2,1H3,(H,17,18). The lowest BCUT2D eigenvalue weighted by molar-refractivity contribution is 0.102. The number of rotatable bonds is 4. The van der Waals surface area contributed by atoms with E-state index in [-0.39, 0.29) is 5.91 Å². The summed E-state index contributed by atoms with van der Waals surface area (Å²) in [5.74, 6) is 0.473. The highest BCUT2D eigenvalue weighted by molar-refractivity contribution is 6.05. The first-order chi connectivity index (χ1) is 9.20. The number of nitrogens with one attached hydrogen (secondary N) is 1. The van der Waals surface area contributed by atoms with E-state index in [1.54, 1.807) is 30.3 Å². The number of anilines is 2. The van der Waals surface area contributed by atoms with Gasteiger partial charge in [-0.15, -0.1) is 0 Å². The zero-order valence-electron chi connectivity index (χ0n) is 10.7. The summed E-state index contributed by atoms with van der Waals surface area (Å²) in [5.41, 5.74) is 7.44. The molecule has 2 aromatic carbocycles. The molecular formula is C15H16N2O2. The predicted molar refractivity (Wildman–Crippen MR) is 76.4 cm³/mol. The van der Waals surface area contributed by atoms with Crippen LogP contribution in [0.25, 0.3) is 0 Å². The largest absolute Gasteiger partial charge is 0.492 e. The molecule has 0 aliphatic carbocycles. The summed E-state index contributed by atoms with van der Waals surface area (Å²) in [6.07, 6.45) is 0. The van der Waals surface area contributed by atoms with E-state index < -0.39 is 0 Å². The molecule has 0 heterocycles. The third-order valence-electron chi connectivity index (χ3n) is 2.61. The topological polar surface area (TPSA) is 64.3 Å². The predicted octanol–water partition coefficient (Wildman–Crippen LogP) is 2.92. The van der Waals surface area contributed by atoms with Crippen molar-refractivity contribution in [2.75, 3.05) is 17.7 Å². The van der Waals surface area contributed by atoms with E-state index in [2.05, 4.69) is 5.32 Å². The zero-order valence-corrected chi connectivity index (χ0v) is 10.7. The molecular weight excluding hydrogens is 240 g/mol. The van der Waals surface area contributed by atoms with Gasteiger partial charge in [0.05, 0.1) is 12.3 Å². The highest BCUT2D eigenvalue weighted by Crippen LogP contribution is 2.24. The summed E-state index contributed by atoms with van der Waals surface area (Å²) >= 11 is 0. The maximum Gasteiger partial charge on any atom is 0.255 e. The molecule has 98 valence electrons. The summed E-state index contributed by atoms with van der Waals surface area (Å²) in [6.45, 7) is 2.45. The van der Waals surface area contributed by atoms with E-state index in [4.69, 9.17) is 10.5 Å². The average molecular weight is 256 g/mol. The molecule has 0 unspecified atom stereocenters. The summed E-state index contributed by atoms with van der Waals surface area (Å²) < 4.78 is 5.46. The molecule has 0 atom stereocenters. The van der Waals surface area contributed by atoms with Crippen LogP contribution >= 0.6 is 0 Å². The van der Waals surface area contributed by atoms with Gasteiger partial charge in [-0.05, 0) is 43.3 Å². The van der Waals surface area contributed by atoms with Crippen LogP contribution in [0, 0.1) is 0 Å². The van der Waals surface area contributed by atoms with Crippen LogP contribution in [0.2, 0.25) is 0 Å². The van der Waals surface area contributed by atoms with Gasteiger partial charge in [-0.25, -0.2) is 0 Å². The Labute approximate surface area is 112 Å². The van der Waals surface area contributed by atoms with Crippen molar-refractivity contribution < 1.29 is 9.53 Å². The van der Waals surface area contributed by atoms with Gasteiger partial charge in [0.2, 0.25) is 0 Å². The van der Waals surface area contributed by atoms with Crippen molar-refractivity contribution in [3.63, 3.8) is 0 Å². The Morgan fingerprint density at radius 3 is 2.53 bits per heavy atom. The van der Waals surface area contributed by atoms with Gasteiger partial charge in [0, 0.05) is 11.3 Å². The summed E-state index contributed by atoms with van der Waals surface area (Å²) in [5, 5.41) is 2.83. The molecule has 0 radical (unpaired) electrons. The van der Waals surface area contributed by atoms with Crippen molar-refractivity contribution >= 4 is 17.3 Å². The number of hydrogen-bond donors (Lipinski definition) is 2. The van der Waals surface area contributed by atoms with E-state index in [1.807, 2.05) is 25.1 Å². The second kappa shape index (κ2) is 5.91. The molecule has 4 nitrogen and oxygen atoms in total. The fourth-order valence-electron chi connectivity index (χ4n) is 1.68. The van der Waals surface area contributed by atoms with Crippen LogP contribution in [0.3, 0.4) is 0 Å². The number of para-hydroxylation sites is 2. The minimum Gasteiger partial charge on any atom is -0.492 e. The van der Waals surface area contributed by atoms with Crippen molar-refractivity contribution in [2.24, 2.45) is 0 Å². The van der Waals surface area contributed by atoms with Gasteiger partial charge >= 0.3 is 0 Å². The fourth-order valence-corrected chi connectivity index (χ4v) is 1.68. The molecule has 0 saturated heterocycles. The van der Waals surface area contributed by atoms with Crippen molar-refractivity contribution in [3.05, 3.63) is 54.1 Å². The van der Waals surface area contributed by atoms with Crippen molar-refractivity contribution in [3.8, 4) is 5.75 Å². The lowest BCUT2D eigenvalue weighted by Crippen LogP contribution is -2.12. The molecule has 19 heavy (non-hydrogen) atoms. The maximum absolute atomic E-state index is 12.1. The highest BCUT2D eigenvalue weighted by atomic mass is 16.5. The van der Waals surface area contributed by atoms with Crippen molar-refractivity contribution in [2.45, 2.75) is 6.92 Å². The van der Waals surface area contributed by atoms with Gasteiger partial charge in [-0.2, -0.15) is 0 Å². The van der Waals surface area contributed by atoms with Crippen molar-refractivity contribution in [1.82, 2.24) is 0 Å². The van der Waals surface area contributed by atoms with Gasteiger partial charge < -0.3 is 15.8 Å².